The maximum atomic E-state index is 12.1. The van der Waals surface area contributed by atoms with Crippen molar-refractivity contribution in [3.63, 3.8) is 0 Å². The highest BCUT2D eigenvalue weighted by Crippen LogP contribution is 2.35. The first-order chi connectivity index (χ1) is 37.5. The van der Waals surface area contributed by atoms with Gasteiger partial charge in [0, 0.05) is 13.2 Å². The first-order valence-electron chi connectivity index (χ1n) is 25.7. The van der Waals surface area contributed by atoms with E-state index in [1.165, 1.54) is 6.07 Å². The number of ether oxygens (including phenoxy) is 11. The predicted octanol–water partition coefficient (Wildman–Crippen LogP) is 10.7. The molecule has 7 aromatic rings. The summed E-state index contributed by atoms with van der Waals surface area (Å²) in [5.41, 5.74) is 6.05. The Balaban J connectivity index is 1.06. The number of benzene rings is 7. The van der Waals surface area contributed by atoms with E-state index in [9.17, 15) is 10.1 Å². The largest absolute Gasteiger partial charge is 0.374 e. The summed E-state index contributed by atoms with van der Waals surface area (Å²) in [6.45, 7) is 1.16. The third-order valence-corrected chi connectivity index (χ3v) is 13.3. The molecule has 0 amide bonds. The normalized spacial score (nSPS) is 23.5. The molecule has 9 rings (SSSR count). The number of nitrogens with zero attached hydrogens (tertiary/aromatic N) is 1. The highest BCUT2D eigenvalue weighted by Gasteiger charge is 2.52. The van der Waals surface area contributed by atoms with Gasteiger partial charge in [-0.05, 0) is 39.4 Å². The van der Waals surface area contributed by atoms with Crippen molar-refractivity contribution >= 4 is 5.69 Å². The minimum atomic E-state index is -1.11. The molecule has 7 aromatic carbocycles. The Morgan fingerprint density at radius 2 is 0.684 bits per heavy atom. The summed E-state index contributed by atoms with van der Waals surface area (Å²) in [4.78, 5) is 11.6. The van der Waals surface area contributed by atoms with Gasteiger partial charge in [-0.15, -0.1) is 0 Å². The van der Waals surface area contributed by atoms with Gasteiger partial charge in [0.2, 0.25) is 0 Å². The van der Waals surface area contributed by atoms with E-state index in [0.29, 0.717) is 5.56 Å². The third-order valence-electron chi connectivity index (χ3n) is 13.3. The van der Waals surface area contributed by atoms with Gasteiger partial charge in [0.15, 0.2) is 12.6 Å². The molecular formula is C62H65NO13. The van der Waals surface area contributed by atoms with Crippen LogP contribution < -0.4 is 0 Å². The minimum absolute atomic E-state index is 0.0479. The van der Waals surface area contributed by atoms with Gasteiger partial charge in [-0.2, -0.15) is 0 Å². The molecule has 0 unspecified atom stereocenters. The van der Waals surface area contributed by atoms with Gasteiger partial charge in [0.05, 0.1) is 69.9 Å². The van der Waals surface area contributed by atoms with Crippen LogP contribution in [-0.2, 0) is 98.4 Å². The van der Waals surface area contributed by atoms with Crippen LogP contribution in [0.5, 0.6) is 0 Å². The van der Waals surface area contributed by atoms with Crippen molar-refractivity contribution in [3.8, 4) is 0 Å². The Hall–Kier alpha value is -6.50. The zero-order chi connectivity index (χ0) is 52.2. The van der Waals surface area contributed by atoms with Crippen molar-refractivity contribution in [1.29, 1.82) is 0 Å². The maximum Gasteiger partial charge on any atom is 0.274 e. The minimum Gasteiger partial charge on any atom is -0.374 e. The van der Waals surface area contributed by atoms with E-state index in [0.717, 1.165) is 33.4 Å². The van der Waals surface area contributed by atoms with Gasteiger partial charge in [0.1, 0.15) is 48.8 Å². The van der Waals surface area contributed by atoms with E-state index < -0.39 is 66.3 Å². The molecule has 0 bridgehead atoms. The van der Waals surface area contributed by atoms with Gasteiger partial charge in [-0.1, -0.05) is 194 Å². The molecule has 14 nitrogen and oxygen atoms in total. The van der Waals surface area contributed by atoms with Crippen molar-refractivity contribution < 1.29 is 57.0 Å². The molecule has 0 saturated carbocycles. The average molecular weight is 1030 g/mol. The van der Waals surface area contributed by atoms with Crippen LogP contribution in [0, 0.1) is 10.1 Å². The molecule has 2 heterocycles. The van der Waals surface area contributed by atoms with Crippen LogP contribution in [0.2, 0.25) is 0 Å². The number of hydrogen-bond donors (Lipinski definition) is 0. The number of hydrogen-bond acceptors (Lipinski definition) is 13. The summed E-state index contributed by atoms with van der Waals surface area (Å²) in [6, 6.07) is 65.8. The Kier molecular flexibility index (Phi) is 20.4. The Labute approximate surface area is 444 Å². The molecule has 0 N–H and O–H groups in total. The van der Waals surface area contributed by atoms with Crippen LogP contribution in [0.4, 0.5) is 5.69 Å². The first-order valence-corrected chi connectivity index (χ1v) is 25.7. The quantitative estimate of drug-likeness (QED) is 0.0356. The van der Waals surface area contributed by atoms with Gasteiger partial charge >= 0.3 is 0 Å². The van der Waals surface area contributed by atoms with Crippen molar-refractivity contribution in [3.05, 3.63) is 255 Å². The zero-order valence-electron chi connectivity index (χ0n) is 42.5. The van der Waals surface area contributed by atoms with Gasteiger partial charge in [0.25, 0.3) is 5.69 Å². The predicted molar refractivity (Wildman–Crippen MR) is 283 cm³/mol. The van der Waals surface area contributed by atoms with Gasteiger partial charge in [-0.3, -0.25) is 10.1 Å². The fourth-order valence-corrected chi connectivity index (χ4v) is 9.37. The highest BCUT2D eigenvalue weighted by molar-refractivity contribution is 5.39. The highest BCUT2D eigenvalue weighted by atomic mass is 16.8. The SMILES string of the molecule is CO[C@H]1O[C@H](CO[C@@H]2O[C@H](COCc3ccccc3[N+](=O)[O-])[C@@H](OCc3ccccc3)[C@H](OCc3ccccc3)[C@H]2OCc2ccccc2)[C@@H](OCc2ccccc2)[C@H](OCc2ccccc2)[C@H]1OCc1ccccc1. The van der Waals surface area contributed by atoms with Crippen LogP contribution in [0.1, 0.15) is 38.9 Å². The lowest BCUT2D eigenvalue weighted by atomic mass is 9.96. The molecule has 14 heteroatoms. The number of para-hydroxylation sites is 1. The Morgan fingerprint density at radius 1 is 0.368 bits per heavy atom. The van der Waals surface area contributed by atoms with Crippen molar-refractivity contribution in [1.82, 2.24) is 0 Å². The number of nitro benzene ring substituents is 1. The summed E-state index contributed by atoms with van der Waals surface area (Å²) in [6.07, 6.45) is -8.40. The molecule has 0 aliphatic carbocycles. The summed E-state index contributed by atoms with van der Waals surface area (Å²) in [5, 5.41) is 12.1. The lowest BCUT2D eigenvalue weighted by Gasteiger charge is -2.48. The van der Waals surface area contributed by atoms with Gasteiger partial charge in [-0.25, -0.2) is 0 Å². The molecule has 2 aliphatic heterocycles. The Bertz CT molecular complexity index is 2750. The number of methoxy groups -OCH3 is 1. The average Bonchev–Trinajstić information content (AvgIpc) is 3.47. The van der Waals surface area contributed by atoms with Crippen molar-refractivity contribution in [2.75, 3.05) is 20.3 Å². The molecule has 2 aliphatic rings. The molecule has 0 aromatic heterocycles. The molecular weight excluding hydrogens is 967 g/mol. The monoisotopic (exact) mass is 1030 g/mol. The second-order valence-electron chi connectivity index (χ2n) is 18.6. The summed E-state index contributed by atoms with van der Waals surface area (Å²) >= 11 is 0. The van der Waals surface area contributed by atoms with E-state index in [4.69, 9.17) is 52.1 Å². The van der Waals surface area contributed by atoms with E-state index in [2.05, 4.69) is 0 Å². The van der Waals surface area contributed by atoms with Crippen molar-refractivity contribution in [2.24, 2.45) is 0 Å². The lowest BCUT2D eigenvalue weighted by Crippen LogP contribution is -2.64. The second-order valence-corrected chi connectivity index (χ2v) is 18.6. The smallest absolute Gasteiger partial charge is 0.274 e. The summed E-state index contributed by atoms with van der Waals surface area (Å²) < 4.78 is 74.8. The second kappa shape index (κ2) is 28.6. The summed E-state index contributed by atoms with van der Waals surface area (Å²) in [7, 11) is 1.58. The summed E-state index contributed by atoms with van der Waals surface area (Å²) in [5.74, 6) is 0. The van der Waals surface area contributed by atoms with Crippen LogP contribution in [-0.4, -0.2) is 86.7 Å². The van der Waals surface area contributed by atoms with E-state index in [1.54, 1.807) is 25.3 Å². The van der Waals surface area contributed by atoms with Gasteiger partial charge < -0.3 is 52.1 Å². The molecule has 2 saturated heterocycles. The molecule has 2 fully saturated rings. The number of rotatable bonds is 27. The first kappa shape index (κ1) is 54.3. The van der Waals surface area contributed by atoms with Crippen LogP contribution in [0.3, 0.4) is 0 Å². The lowest BCUT2D eigenvalue weighted by molar-refractivity contribution is -0.386. The Morgan fingerprint density at radius 3 is 1.07 bits per heavy atom. The van der Waals surface area contributed by atoms with Crippen molar-refractivity contribution in [2.45, 2.75) is 108 Å². The number of nitro groups is 1. The molecule has 76 heavy (non-hydrogen) atoms. The zero-order valence-corrected chi connectivity index (χ0v) is 42.5. The standard InChI is InChI=1S/C62H65NO13/c1-66-61-59(72-40-49-30-16-6-17-31-49)57(70-38-47-26-12-4-13-27-47)56(69-37-46-24-10-3-11-25-46)54(75-61)44-74-62-60(73-41-50-32-18-7-19-33-50)58(71-39-48-28-14-5-15-29-48)55(68-36-45-22-8-2-9-23-45)53(76-62)43-67-42-51-34-20-21-35-52(51)63(64)65/h2-35,53-62H,36-44H2,1H3/t53-,54-,55-,56-,57+,58+,59-,60-,61+,62-/m1/s1. The van der Waals surface area contributed by atoms with E-state index in [1.807, 2.05) is 182 Å². The fourth-order valence-electron chi connectivity index (χ4n) is 9.37. The van der Waals surface area contributed by atoms with Crippen LogP contribution >= 0.6 is 0 Å². The van der Waals surface area contributed by atoms with Crippen LogP contribution in [0.25, 0.3) is 0 Å². The molecule has 0 spiro atoms. The molecule has 10 atom stereocenters. The fraction of sp³-hybridized carbons (Fsp3) is 0.323. The maximum absolute atomic E-state index is 12.1. The topological polar surface area (TPSA) is 145 Å². The van der Waals surface area contributed by atoms with E-state index in [-0.39, 0.29) is 65.1 Å². The van der Waals surface area contributed by atoms with Crippen LogP contribution in [0.15, 0.2) is 206 Å². The molecule has 0 radical (unpaired) electrons. The third kappa shape index (κ3) is 15.3. The van der Waals surface area contributed by atoms with E-state index >= 15 is 0 Å². The molecule has 396 valence electrons.